The van der Waals surface area contributed by atoms with E-state index in [1.165, 1.54) is 0 Å². The van der Waals surface area contributed by atoms with Gasteiger partial charge in [0.1, 0.15) is 0 Å². The molecule has 0 saturated heterocycles. The molecule has 25 heavy (non-hydrogen) atoms. The summed E-state index contributed by atoms with van der Waals surface area (Å²) in [7, 11) is 0. The van der Waals surface area contributed by atoms with Crippen LogP contribution in [0.5, 0.6) is 0 Å². The van der Waals surface area contributed by atoms with Gasteiger partial charge in [-0.25, -0.2) is 0 Å². The fourth-order valence-corrected chi connectivity index (χ4v) is 2.32. The van der Waals surface area contributed by atoms with Crippen LogP contribution in [-0.4, -0.2) is 19.9 Å². The maximum Gasteiger partial charge on any atom is 0.233 e. The lowest BCUT2D eigenvalue weighted by molar-refractivity contribution is 1.05. The van der Waals surface area contributed by atoms with Crippen LogP contribution in [0, 0.1) is 25.2 Å². The molecule has 124 valence electrons. The first-order valence-corrected chi connectivity index (χ1v) is 7.81. The zero-order chi connectivity index (χ0) is 17.8. The number of aromatic nitrogens is 4. The zero-order valence-corrected chi connectivity index (χ0v) is 14.3. The molecule has 2 N–H and O–H groups in total. The number of rotatable bonds is 4. The summed E-state index contributed by atoms with van der Waals surface area (Å²) in [6.45, 7) is 3.82. The van der Waals surface area contributed by atoms with Crippen LogP contribution in [0.15, 0.2) is 36.4 Å². The van der Waals surface area contributed by atoms with Gasteiger partial charge in [0.2, 0.25) is 17.2 Å². The number of nitrogens with zero attached hydrogens (tertiary/aromatic N) is 5. The first kappa shape index (κ1) is 16.6. The molecule has 0 aliphatic heterocycles. The highest BCUT2D eigenvalue weighted by molar-refractivity contribution is 6.28. The Morgan fingerprint density at radius 2 is 1.56 bits per heavy atom. The predicted octanol–water partition coefficient (Wildman–Crippen LogP) is 3.90. The molecule has 3 rings (SSSR count). The molecule has 2 heterocycles. The minimum absolute atomic E-state index is 0.0615. The van der Waals surface area contributed by atoms with E-state index >= 15 is 0 Å². The van der Waals surface area contributed by atoms with E-state index in [-0.39, 0.29) is 5.28 Å². The van der Waals surface area contributed by atoms with Gasteiger partial charge in [0.25, 0.3) is 0 Å². The summed E-state index contributed by atoms with van der Waals surface area (Å²) in [5.41, 5.74) is 3.86. The number of hydrogen-bond acceptors (Lipinski definition) is 7. The molecule has 0 radical (unpaired) electrons. The Kier molecular flexibility index (Phi) is 4.73. The van der Waals surface area contributed by atoms with Crippen LogP contribution in [0.3, 0.4) is 0 Å². The largest absolute Gasteiger partial charge is 0.324 e. The van der Waals surface area contributed by atoms with Crippen molar-refractivity contribution in [2.75, 3.05) is 10.6 Å². The van der Waals surface area contributed by atoms with E-state index in [9.17, 15) is 0 Å². The molecule has 0 aliphatic carbocycles. The lowest BCUT2D eigenvalue weighted by Crippen LogP contribution is -2.05. The lowest BCUT2D eigenvalue weighted by atomic mass is 10.2. The number of aryl methyl sites for hydroxylation is 2. The third-order valence-corrected chi connectivity index (χ3v) is 3.52. The molecule has 7 nitrogen and oxygen atoms in total. The second-order valence-corrected chi connectivity index (χ2v) is 5.61. The highest BCUT2D eigenvalue weighted by atomic mass is 35.5. The summed E-state index contributed by atoms with van der Waals surface area (Å²) < 4.78 is 0. The Morgan fingerprint density at radius 1 is 0.880 bits per heavy atom. The monoisotopic (exact) mass is 351 g/mol. The summed E-state index contributed by atoms with van der Waals surface area (Å²) >= 11 is 5.99. The van der Waals surface area contributed by atoms with Crippen LogP contribution >= 0.6 is 11.6 Å². The summed E-state index contributed by atoms with van der Waals surface area (Å²) in [5, 5.41) is 15.0. The number of hydrogen-bond donors (Lipinski definition) is 2. The van der Waals surface area contributed by atoms with E-state index in [1.807, 2.05) is 26.0 Å². The van der Waals surface area contributed by atoms with Gasteiger partial charge in [-0.15, -0.1) is 0 Å². The van der Waals surface area contributed by atoms with Crippen LogP contribution < -0.4 is 10.6 Å². The van der Waals surface area contributed by atoms with E-state index in [0.29, 0.717) is 17.5 Å². The SMILES string of the molecule is Cc1ccc(Nc2nc(Cl)nc(Nc3ccc(C#N)cc3)n2)c(C)n1. The van der Waals surface area contributed by atoms with Gasteiger partial charge in [-0.3, -0.25) is 4.98 Å². The van der Waals surface area contributed by atoms with Crippen molar-refractivity contribution in [2.24, 2.45) is 0 Å². The Bertz CT molecular complexity index is 948. The average molecular weight is 352 g/mol. The van der Waals surface area contributed by atoms with Gasteiger partial charge >= 0.3 is 0 Å². The van der Waals surface area contributed by atoms with E-state index in [4.69, 9.17) is 16.9 Å². The molecular weight excluding hydrogens is 338 g/mol. The predicted molar refractivity (Wildman–Crippen MR) is 96.3 cm³/mol. The average Bonchev–Trinajstić information content (AvgIpc) is 2.58. The fourth-order valence-electron chi connectivity index (χ4n) is 2.16. The molecule has 0 atom stereocenters. The molecule has 0 bridgehead atoms. The van der Waals surface area contributed by atoms with Crippen LogP contribution in [0.25, 0.3) is 0 Å². The van der Waals surface area contributed by atoms with Crippen LogP contribution in [0.2, 0.25) is 5.28 Å². The summed E-state index contributed by atoms with van der Waals surface area (Å²) in [6.07, 6.45) is 0. The number of halogens is 1. The van der Waals surface area contributed by atoms with Crippen molar-refractivity contribution in [2.45, 2.75) is 13.8 Å². The Labute approximate surface area is 149 Å². The van der Waals surface area contributed by atoms with Crippen molar-refractivity contribution in [1.29, 1.82) is 5.26 Å². The molecule has 1 aromatic carbocycles. The molecule has 0 spiro atoms. The highest BCUT2D eigenvalue weighted by Gasteiger charge is 2.08. The molecule has 2 aromatic heterocycles. The molecule has 0 fully saturated rings. The van der Waals surface area contributed by atoms with Gasteiger partial charge in [-0.1, -0.05) is 0 Å². The number of nitrogens with one attached hydrogen (secondary N) is 2. The Morgan fingerprint density at radius 3 is 2.20 bits per heavy atom. The maximum absolute atomic E-state index is 8.84. The summed E-state index contributed by atoms with van der Waals surface area (Å²) in [4.78, 5) is 16.8. The quantitative estimate of drug-likeness (QED) is 0.735. The third kappa shape index (κ3) is 4.19. The van der Waals surface area contributed by atoms with Crippen molar-refractivity contribution in [3.63, 3.8) is 0 Å². The molecular formula is C17H14ClN7. The van der Waals surface area contributed by atoms with E-state index in [0.717, 1.165) is 22.8 Å². The summed E-state index contributed by atoms with van der Waals surface area (Å²) in [6, 6.07) is 12.8. The van der Waals surface area contributed by atoms with E-state index in [2.05, 4.69) is 36.6 Å². The van der Waals surface area contributed by atoms with Crippen LogP contribution in [0.4, 0.5) is 23.3 Å². The fraction of sp³-hybridized carbons (Fsp3) is 0.118. The minimum Gasteiger partial charge on any atom is -0.324 e. The number of anilines is 4. The second kappa shape index (κ2) is 7.11. The standard InChI is InChI=1S/C17H14ClN7/c1-10-3-8-14(11(2)20-10)22-17-24-15(18)23-16(25-17)21-13-6-4-12(9-19)5-7-13/h3-8H,1-2H3,(H2,21,22,23,24,25). The third-order valence-electron chi connectivity index (χ3n) is 3.35. The van der Waals surface area contributed by atoms with Gasteiger partial charge < -0.3 is 10.6 Å². The number of benzene rings is 1. The molecule has 0 unspecified atom stereocenters. The Balaban J connectivity index is 1.83. The van der Waals surface area contributed by atoms with Crippen molar-refractivity contribution in [3.05, 3.63) is 58.6 Å². The number of pyridine rings is 1. The van der Waals surface area contributed by atoms with Crippen molar-refractivity contribution < 1.29 is 0 Å². The first-order chi connectivity index (χ1) is 12.0. The molecule has 0 aliphatic rings. The van der Waals surface area contributed by atoms with Gasteiger partial charge in [0, 0.05) is 11.4 Å². The molecule has 3 aromatic rings. The smallest absolute Gasteiger partial charge is 0.233 e. The van der Waals surface area contributed by atoms with Gasteiger partial charge in [-0.2, -0.15) is 20.2 Å². The van der Waals surface area contributed by atoms with Gasteiger partial charge in [0.15, 0.2) is 0 Å². The van der Waals surface area contributed by atoms with E-state index < -0.39 is 0 Å². The lowest BCUT2D eigenvalue weighted by Gasteiger charge is -2.10. The Hall–Kier alpha value is -3.24. The van der Waals surface area contributed by atoms with Crippen LogP contribution in [-0.2, 0) is 0 Å². The van der Waals surface area contributed by atoms with Gasteiger partial charge in [-0.05, 0) is 61.8 Å². The van der Waals surface area contributed by atoms with Crippen molar-refractivity contribution >= 4 is 34.9 Å². The summed E-state index contributed by atoms with van der Waals surface area (Å²) in [5.74, 6) is 0.606. The first-order valence-electron chi connectivity index (χ1n) is 7.43. The van der Waals surface area contributed by atoms with E-state index in [1.54, 1.807) is 24.3 Å². The second-order valence-electron chi connectivity index (χ2n) is 5.28. The molecule has 0 saturated carbocycles. The van der Waals surface area contributed by atoms with Crippen LogP contribution in [0.1, 0.15) is 17.0 Å². The normalized spacial score (nSPS) is 10.2. The maximum atomic E-state index is 8.84. The van der Waals surface area contributed by atoms with Gasteiger partial charge in [0.05, 0.1) is 23.0 Å². The minimum atomic E-state index is 0.0615. The highest BCUT2D eigenvalue weighted by Crippen LogP contribution is 2.20. The molecule has 8 heteroatoms. The number of nitriles is 1. The molecule has 0 amide bonds. The zero-order valence-electron chi connectivity index (χ0n) is 13.6. The van der Waals surface area contributed by atoms with Crippen molar-refractivity contribution in [3.8, 4) is 6.07 Å². The topological polar surface area (TPSA) is 99.4 Å². The van der Waals surface area contributed by atoms with Crippen molar-refractivity contribution in [1.82, 2.24) is 19.9 Å².